The highest BCUT2D eigenvalue weighted by atomic mass is 19.1. The van der Waals surface area contributed by atoms with Crippen LogP contribution >= 0.6 is 0 Å². The van der Waals surface area contributed by atoms with Crippen molar-refractivity contribution < 1.29 is 19.0 Å². The van der Waals surface area contributed by atoms with Crippen molar-refractivity contribution in [1.82, 2.24) is 4.90 Å². The molecule has 5 heteroatoms. The van der Waals surface area contributed by atoms with Crippen LogP contribution in [0.15, 0.2) is 12.1 Å². The number of carbonyl (C=O) groups excluding carboxylic acids is 1. The van der Waals surface area contributed by atoms with Crippen LogP contribution in [0.25, 0.3) is 0 Å². The summed E-state index contributed by atoms with van der Waals surface area (Å²) in [5, 5.41) is 11.4. The summed E-state index contributed by atoms with van der Waals surface area (Å²) in [6.07, 6.45) is 2.37. The van der Waals surface area contributed by atoms with Gasteiger partial charge in [-0.3, -0.25) is 0 Å². The highest BCUT2D eigenvalue weighted by Gasteiger charge is 2.51. The number of benzene rings is 1. The molecule has 1 aromatic carbocycles. The second-order valence-electron chi connectivity index (χ2n) is 8.63. The number of fused-ring (bicyclic) bond motifs is 2. The Hall–Kier alpha value is -1.62. The van der Waals surface area contributed by atoms with Crippen LogP contribution in [0, 0.1) is 19.7 Å². The zero-order valence-electron chi connectivity index (χ0n) is 15.7. The summed E-state index contributed by atoms with van der Waals surface area (Å²) in [6.45, 7) is 9.26. The Bertz CT molecular complexity index is 658. The van der Waals surface area contributed by atoms with Crippen LogP contribution in [0.4, 0.5) is 9.18 Å². The number of halogens is 1. The van der Waals surface area contributed by atoms with Crippen molar-refractivity contribution in [2.75, 3.05) is 0 Å². The molecule has 138 valence electrons. The minimum absolute atomic E-state index is 0.0394. The molecule has 1 aromatic rings. The smallest absolute Gasteiger partial charge is 0.410 e. The Morgan fingerprint density at radius 2 is 1.68 bits per heavy atom. The van der Waals surface area contributed by atoms with Gasteiger partial charge in [-0.1, -0.05) is 0 Å². The Labute approximate surface area is 149 Å². The molecule has 1 amide bonds. The SMILES string of the molecule is Cc1cc(F)cc(C)c1C1(O)CC2CCC(C1)N2C(=O)OC(C)(C)C. The number of aliphatic hydroxyl groups is 1. The van der Waals surface area contributed by atoms with Gasteiger partial charge in [0.05, 0.1) is 5.60 Å². The number of nitrogens with zero attached hydrogens (tertiary/aromatic N) is 1. The normalized spacial score (nSPS) is 29.0. The predicted molar refractivity (Wildman–Crippen MR) is 93.9 cm³/mol. The van der Waals surface area contributed by atoms with Gasteiger partial charge in [0.15, 0.2) is 0 Å². The summed E-state index contributed by atoms with van der Waals surface area (Å²) < 4.78 is 19.2. The molecule has 0 radical (unpaired) electrons. The molecular formula is C20H28FNO3. The van der Waals surface area contributed by atoms with Crippen LogP contribution in [0.1, 0.15) is 63.1 Å². The van der Waals surface area contributed by atoms with Gasteiger partial charge in [-0.25, -0.2) is 9.18 Å². The number of hydrogen-bond donors (Lipinski definition) is 1. The molecule has 3 rings (SSSR count). The minimum atomic E-state index is -1.02. The molecule has 2 aliphatic heterocycles. The van der Waals surface area contributed by atoms with Crippen LogP contribution in [-0.2, 0) is 10.3 Å². The van der Waals surface area contributed by atoms with Crippen LogP contribution in [0.5, 0.6) is 0 Å². The molecular weight excluding hydrogens is 321 g/mol. The van der Waals surface area contributed by atoms with Crippen molar-refractivity contribution in [3.63, 3.8) is 0 Å². The fraction of sp³-hybridized carbons (Fsp3) is 0.650. The molecule has 1 N–H and O–H groups in total. The van der Waals surface area contributed by atoms with Crippen LogP contribution in [0.3, 0.4) is 0 Å². The van der Waals surface area contributed by atoms with Gasteiger partial charge in [0.1, 0.15) is 11.4 Å². The molecule has 2 fully saturated rings. The molecule has 2 saturated heterocycles. The predicted octanol–water partition coefficient (Wildman–Crippen LogP) is 4.19. The van der Waals surface area contributed by atoms with E-state index in [1.54, 1.807) is 0 Å². The zero-order chi connectivity index (χ0) is 18.6. The molecule has 0 aliphatic carbocycles. The monoisotopic (exact) mass is 349 g/mol. The van der Waals surface area contributed by atoms with E-state index >= 15 is 0 Å². The largest absolute Gasteiger partial charge is 0.444 e. The quantitative estimate of drug-likeness (QED) is 0.827. The van der Waals surface area contributed by atoms with Gasteiger partial charge in [0.2, 0.25) is 0 Å². The summed E-state index contributed by atoms with van der Waals surface area (Å²) in [5.41, 5.74) is 0.797. The fourth-order valence-corrected chi connectivity index (χ4v) is 4.69. The highest BCUT2D eigenvalue weighted by molar-refractivity contribution is 5.70. The van der Waals surface area contributed by atoms with Crippen molar-refractivity contribution in [2.24, 2.45) is 0 Å². The molecule has 2 atom stereocenters. The molecule has 0 aromatic heterocycles. The molecule has 0 saturated carbocycles. The van der Waals surface area contributed by atoms with E-state index in [4.69, 9.17) is 4.74 Å². The lowest BCUT2D eigenvalue weighted by molar-refractivity contribution is -0.0630. The molecule has 2 bridgehead atoms. The standard InChI is InChI=1S/C20H28FNO3/c1-12-8-14(21)9-13(2)17(12)20(24)10-15-6-7-16(11-20)22(15)18(23)25-19(3,4)5/h8-9,15-16,24H,6-7,10-11H2,1-5H3. The maximum absolute atomic E-state index is 13.6. The summed E-state index contributed by atoms with van der Waals surface area (Å²) in [7, 11) is 0. The van der Waals surface area contributed by atoms with Crippen molar-refractivity contribution in [3.05, 3.63) is 34.6 Å². The van der Waals surface area contributed by atoms with Gasteiger partial charge in [0, 0.05) is 24.9 Å². The van der Waals surface area contributed by atoms with Gasteiger partial charge in [-0.2, -0.15) is 0 Å². The van der Waals surface area contributed by atoms with Crippen molar-refractivity contribution in [2.45, 2.75) is 83.6 Å². The summed E-state index contributed by atoms with van der Waals surface area (Å²) >= 11 is 0. The fourth-order valence-electron chi connectivity index (χ4n) is 4.69. The Balaban J connectivity index is 1.88. The van der Waals surface area contributed by atoms with Gasteiger partial charge in [-0.05, 0) is 76.3 Å². The molecule has 2 unspecified atom stereocenters. The third-order valence-electron chi connectivity index (χ3n) is 5.33. The maximum Gasteiger partial charge on any atom is 0.410 e. The van der Waals surface area contributed by atoms with Gasteiger partial charge < -0.3 is 14.7 Å². The van der Waals surface area contributed by atoms with E-state index in [2.05, 4.69) is 0 Å². The third-order valence-corrected chi connectivity index (χ3v) is 5.33. The summed E-state index contributed by atoms with van der Waals surface area (Å²) in [4.78, 5) is 14.4. The van der Waals surface area contributed by atoms with Crippen LogP contribution < -0.4 is 0 Å². The number of amides is 1. The first-order valence-corrected chi connectivity index (χ1v) is 9.01. The lowest BCUT2D eigenvalue weighted by Gasteiger charge is -2.45. The first-order chi connectivity index (χ1) is 11.5. The average Bonchev–Trinajstić information content (AvgIpc) is 2.68. The highest BCUT2D eigenvalue weighted by Crippen LogP contribution is 2.47. The number of rotatable bonds is 1. The summed E-state index contributed by atoms with van der Waals surface area (Å²) in [5.74, 6) is -0.281. The second kappa shape index (κ2) is 5.97. The van der Waals surface area contributed by atoms with E-state index in [1.165, 1.54) is 12.1 Å². The van der Waals surface area contributed by atoms with Crippen molar-refractivity contribution in [3.8, 4) is 0 Å². The first-order valence-electron chi connectivity index (χ1n) is 9.01. The molecule has 25 heavy (non-hydrogen) atoms. The first kappa shape index (κ1) is 18.2. The second-order valence-corrected chi connectivity index (χ2v) is 8.63. The molecule has 4 nitrogen and oxygen atoms in total. The topological polar surface area (TPSA) is 49.8 Å². The number of piperidine rings is 1. The Kier molecular flexibility index (Phi) is 4.34. The van der Waals surface area contributed by atoms with Gasteiger partial charge >= 0.3 is 6.09 Å². The third kappa shape index (κ3) is 3.39. The Morgan fingerprint density at radius 1 is 1.20 bits per heavy atom. The summed E-state index contributed by atoms with van der Waals surface area (Å²) in [6, 6.07) is 2.87. The lowest BCUT2D eigenvalue weighted by atomic mass is 9.77. The van der Waals surface area contributed by atoms with E-state index in [9.17, 15) is 14.3 Å². The lowest BCUT2D eigenvalue weighted by Crippen LogP contribution is -2.53. The molecule has 0 spiro atoms. The van der Waals surface area contributed by atoms with E-state index < -0.39 is 11.2 Å². The van der Waals surface area contributed by atoms with Crippen molar-refractivity contribution >= 4 is 6.09 Å². The average molecular weight is 349 g/mol. The van der Waals surface area contributed by atoms with E-state index in [0.717, 1.165) is 29.5 Å². The zero-order valence-corrected chi connectivity index (χ0v) is 15.7. The molecule has 2 heterocycles. The maximum atomic E-state index is 13.6. The number of hydrogen-bond acceptors (Lipinski definition) is 3. The van der Waals surface area contributed by atoms with E-state index in [-0.39, 0.29) is 24.0 Å². The van der Waals surface area contributed by atoms with Gasteiger partial charge in [-0.15, -0.1) is 0 Å². The Morgan fingerprint density at radius 3 is 2.12 bits per heavy atom. The minimum Gasteiger partial charge on any atom is -0.444 e. The number of aryl methyl sites for hydroxylation is 2. The van der Waals surface area contributed by atoms with Crippen LogP contribution in [-0.4, -0.2) is 33.8 Å². The van der Waals surface area contributed by atoms with E-state index in [0.29, 0.717) is 12.8 Å². The van der Waals surface area contributed by atoms with E-state index in [1.807, 2.05) is 39.5 Å². The van der Waals surface area contributed by atoms with Gasteiger partial charge in [0.25, 0.3) is 0 Å². The van der Waals surface area contributed by atoms with Crippen LogP contribution in [0.2, 0.25) is 0 Å². The number of carbonyl (C=O) groups is 1. The number of ether oxygens (including phenoxy) is 1. The van der Waals surface area contributed by atoms with Crippen molar-refractivity contribution in [1.29, 1.82) is 0 Å². The molecule has 2 aliphatic rings.